The SMILES string of the molecule is COc1ccc(Nc2ccc(Cl)cc2N)c(OC)c1. The summed E-state index contributed by atoms with van der Waals surface area (Å²) in [5, 5.41) is 3.81. The van der Waals surface area contributed by atoms with Crippen LogP contribution in [0.15, 0.2) is 36.4 Å². The van der Waals surface area contributed by atoms with E-state index in [1.165, 1.54) is 0 Å². The fourth-order valence-corrected chi connectivity index (χ4v) is 1.87. The lowest BCUT2D eigenvalue weighted by molar-refractivity contribution is 0.395. The minimum atomic E-state index is 0.574. The van der Waals surface area contributed by atoms with Crippen LogP contribution in [0.2, 0.25) is 5.02 Å². The van der Waals surface area contributed by atoms with Crippen molar-refractivity contribution >= 4 is 28.7 Å². The van der Waals surface area contributed by atoms with Crippen LogP contribution in [-0.2, 0) is 0 Å². The Bertz CT molecular complexity index is 588. The minimum Gasteiger partial charge on any atom is -0.497 e. The normalized spacial score (nSPS) is 10.1. The van der Waals surface area contributed by atoms with E-state index in [4.69, 9.17) is 26.8 Å². The van der Waals surface area contributed by atoms with Crippen molar-refractivity contribution in [3.05, 3.63) is 41.4 Å². The van der Waals surface area contributed by atoms with Gasteiger partial charge in [-0.1, -0.05) is 11.6 Å². The number of nitrogens with two attached hydrogens (primary N) is 1. The highest BCUT2D eigenvalue weighted by Gasteiger charge is 2.07. The minimum absolute atomic E-state index is 0.574. The predicted octanol–water partition coefficient (Wildman–Crippen LogP) is 3.68. The van der Waals surface area contributed by atoms with Crippen molar-refractivity contribution in [2.75, 3.05) is 25.3 Å². The highest BCUT2D eigenvalue weighted by Crippen LogP contribution is 2.33. The van der Waals surface area contributed by atoms with Crippen molar-refractivity contribution in [3.8, 4) is 11.5 Å². The van der Waals surface area contributed by atoms with Gasteiger partial charge in [-0.25, -0.2) is 0 Å². The number of nitrogen functional groups attached to an aromatic ring is 1. The van der Waals surface area contributed by atoms with Crippen molar-refractivity contribution in [2.24, 2.45) is 0 Å². The summed E-state index contributed by atoms with van der Waals surface area (Å²) >= 11 is 5.87. The Morgan fingerprint density at radius 1 is 1.00 bits per heavy atom. The zero-order chi connectivity index (χ0) is 13.8. The average Bonchev–Trinajstić information content (AvgIpc) is 2.42. The number of ether oxygens (including phenoxy) is 2. The summed E-state index contributed by atoms with van der Waals surface area (Å²) in [5.41, 5.74) is 8.05. The molecule has 0 aromatic heterocycles. The number of methoxy groups -OCH3 is 2. The molecule has 0 fully saturated rings. The first-order valence-electron chi connectivity index (χ1n) is 5.68. The third kappa shape index (κ3) is 3.03. The van der Waals surface area contributed by atoms with Gasteiger partial charge in [0.25, 0.3) is 0 Å². The predicted molar refractivity (Wildman–Crippen MR) is 78.7 cm³/mol. The first-order chi connectivity index (χ1) is 9.13. The first-order valence-corrected chi connectivity index (χ1v) is 6.06. The van der Waals surface area contributed by atoms with E-state index in [0.717, 1.165) is 17.1 Å². The van der Waals surface area contributed by atoms with Gasteiger partial charge in [0.2, 0.25) is 0 Å². The molecular weight excluding hydrogens is 264 g/mol. The fraction of sp³-hybridized carbons (Fsp3) is 0.143. The Balaban J connectivity index is 2.32. The van der Waals surface area contributed by atoms with Crippen molar-refractivity contribution in [1.29, 1.82) is 0 Å². The summed E-state index contributed by atoms with van der Waals surface area (Å²) in [4.78, 5) is 0. The van der Waals surface area contributed by atoms with E-state index in [0.29, 0.717) is 16.5 Å². The lowest BCUT2D eigenvalue weighted by Gasteiger charge is -2.14. The summed E-state index contributed by atoms with van der Waals surface area (Å²) < 4.78 is 10.5. The number of nitrogens with one attached hydrogen (secondary N) is 1. The van der Waals surface area contributed by atoms with Crippen LogP contribution in [0.5, 0.6) is 11.5 Å². The van der Waals surface area contributed by atoms with E-state index in [1.54, 1.807) is 32.4 Å². The summed E-state index contributed by atoms with van der Waals surface area (Å²) in [5.74, 6) is 1.40. The number of benzene rings is 2. The number of hydrogen-bond acceptors (Lipinski definition) is 4. The lowest BCUT2D eigenvalue weighted by atomic mass is 10.2. The molecule has 2 rings (SSSR count). The van der Waals surface area contributed by atoms with Gasteiger partial charge in [0.1, 0.15) is 11.5 Å². The maximum absolute atomic E-state index is 5.90. The molecule has 5 heteroatoms. The molecule has 0 saturated heterocycles. The van der Waals surface area contributed by atoms with Gasteiger partial charge < -0.3 is 20.5 Å². The highest BCUT2D eigenvalue weighted by atomic mass is 35.5. The quantitative estimate of drug-likeness (QED) is 0.838. The van der Waals surface area contributed by atoms with Crippen LogP contribution in [0.1, 0.15) is 0 Å². The zero-order valence-corrected chi connectivity index (χ0v) is 11.5. The van der Waals surface area contributed by atoms with Crippen molar-refractivity contribution < 1.29 is 9.47 Å². The van der Waals surface area contributed by atoms with Crippen LogP contribution < -0.4 is 20.5 Å². The standard InChI is InChI=1S/C14H15ClN2O2/c1-18-10-4-6-13(14(8-10)19-2)17-12-5-3-9(15)7-11(12)16/h3-8,17H,16H2,1-2H3. The Kier molecular flexibility index (Phi) is 4.02. The largest absolute Gasteiger partial charge is 0.497 e. The van der Waals surface area contributed by atoms with Crippen molar-refractivity contribution in [2.45, 2.75) is 0 Å². The molecule has 0 amide bonds. The van der Waals surface area contributed by atoms with Crippen molar-refractivity contribution in [3.63, 3.8) is 0 Å². The molecular formula is C14H15ClN2O2. The van der Waals surface area contributed by atoms with E-state index in [-0.39, 0.29) is 0 Å². The number of anilines is 3. The molecule has 0 atom stereocenters. The highest BCUT2D eigenvalue weighted by molar-refractivity contribution is 6.31. The average molecular weight is 279 g/mol. The second kappa shape index (κ2) is 5.71. The molecule has 2 aromatic rings. The Morgan fingerprint density at radius 3 is 2.37 bits per heavy atom. The van der Waals surface area contributed by atoms with Crippen LogP contribution in [0, 0.1) is 0 Å². The molecule has 100 valence electrons. The smallest absolute Gasteiger partial charge is 0.145 e. The maximum atomic E-state index is 5.90. The third-order valence-electron chi connectivity index (χ3n) is 2.69. The van der Waals surface area contributed by atoms with Gasteiger partial charge in [-0.05, 0) is 30.3 Å². The van der Waals surface area contributed by atoms with E-state index < -0.39 is 0 Å². The van der Waals surface area contributed by atoms with Gasteiger partial charge in [-0.15, -0.1) is 0 Å². The molecule has 0 aliphatic carbocycles. The van der Waals surface area contributed by atoms with E-state index in [9.17, 15) is 0 Å². The van der Waals surface area contributed by atoms with Crippen LogP contribution in [-0.4, -0.2) is 14.2 Å². The lowest BCUT2D eigenvalue weighted by Crippen LogP contribution is -1.98. The van der Waals surface area contributed by atoms with Crippen LogP contribution in [0.4, 0.5) is 17.1 Å². The summed E-state index contributed by atoms with van der Waals surface area (Å²) in [7, 11) is 3.21. The number of rotatable bonds is 4. The topological polar surface area (TPSA) is 56.5 Å². The van der Waals surface area contributed by atoms with Crippen LogP contribution >= 0.6 is 11.6 Å². The summed E-state index contributed by atoms with van der Waals surface area (Å²) in [6.07, 6.45) is 0. The maximum Gasteiger partial charge on any atom is 0.145 e. The van der Waals surface area contributed by atoms with E-state index in [1.807, 2.05) is 18.2 Å². The molecule has 0 aliphatic heterocycles. The molecule has 0 heterocycles. The zero-order valence-electron chi connectivity index (χ0n) is 10.7. The second-order valence-corrected chi connectivity index (χ2v) is 4.36. The summed E-state index contributed by atoms with van der Waals surface area (Å²) in [6, 6.07) is 10.8. The summed E-state index contributed by atoms with van der Waals surface area (Å²) in [6.45, 7) is 0. The molecule has 0 spiro atoms. The van der Waals surface area contributed by atoms with Crippen LogP contribution in [0.3, 0.4) is 0 Å². The first kappa shape index (κ1) is 13.4. The Labute approximate surface area is 117 Å². The number of hydrogen-bond donors (Lipinski definition) is 2. The molecule has 4 nitrogen and oxygen atoms in total. The Morgan fingerprint density at radius 2 is 1.74 bits per heavy atom. The molecule has 2 aromatic carbocycles. The fourth-order valence-electron chi connectivity index (χ4n) is 1.69. The van der Waals surface area contributed by atoms with Gasteiger partial charge in [-0.3, -0.25) is 0 Å². The Hall–Kier alpha value is -2.07. The van der Waals surface area contributed by atoms with Gasteiger partial charge in [0.15, 0.2) is 0 Å². The molecule has 0 radical (unpaired) electrons. The molecule has 0 saturated carbocycles. The van der Waals surface area contributed by atoms with E-state index in [2.05, 4.69) is 5.32 Å². The molecule has 0 aliphatic rings. The van der Waals surface area contributed by atoms with Crippen molar-refractivity contribution in [1.82, 2.24) is 0 Å². The molecule has 0 bridgehead atoms. The van der Waals surface area contributed by atoms with Gasteiger partial charge in [0, 0.05) is 11.1 Å². The van der Waals surface area contributed by atoms with E-state index >= 15 is 0 Å². The molecule has 19 heavy (non-hydrogen) atoms. The third-order valence-corrected chi connectivity index (χ3v) is 2.93. The second-order valence-electron chi connectivity index (χ2n) is 3.92. The monoisotopic (exact) mass is 278 g/mol. The molecule has 0 unspecified atom stereocenters. The number of halogens is 1. The van der Waals surface area contributed by atoms with Gasteiger partial charge >= 0.3 is 0 Å². The van der Waals surface area contributed by atoms with Gasteiger partial charge in [-0.2, -0.15) is 0 Å². The van der Waals surface area contributed by atoms with Gasteiger partial charge in [0.05, 0.1) is 31.3 Å². The van der Waals surface area contributed by atoms with Crippen LogP contribution in [0.25, 0.3) is 0 Å². The molecule has 3 N–H and O–H groups in total.